The number of likely N-dealkylation sites (N-methyl/N-ethyl adjacent to an activating group) is 1. The summed E-state index contributed by atoms with van der Waals surface area (Å²) in [4.78, 5) is 16.0. The first-order valence-corrected chi connectivity index (χ1v) is 9.73. The van der Waals surface area contributed by atoms with Crippen molar-refractivity contribution in [3.63, 3.8) is 0 Å². The Morgan fingerprint density at radius 3 is 2.78 bits per heavy atom. The van der Waals surface area contributed by atoms with Crippen molar-refractivity contribution in [2.75, 3.05) is 27.2 Å². The number of amides is 1. The van der Waals surface area contributed by atoms with Gasteiger partial charge in [-0.2, -0.15) is 0 Å². The number of fused-ring (bicyclic) bond motifs is 3. The molecule has 1 amide bonds. The van der Waals surface area contributed by atoms with E-state index < -0.39 is 9.84 Å². The van der Waals surface area contributed by atoms with E-state index in [0.29, 0.717) is 27.4 Å². The lowest BCUT2D eigenvalue weighted by Gasteiger charge is -2.15. The van der Waals surface area contributed by atoms with Crippen LogP contribution < -0.4 is 5.32 Å². The van der Waals surface area contributed by atoms with Crippen LogP contribution in [0.1, 0.15) is 15.2 Å². The highest BCUT2D eigenvalue weighted by Crippen LogP contribution is 2.42. The Morgan fingerprint density at radius 2 is 2.04 bits per heavy atom. The topological polar surface area (TPSA) is 66.5 Å². The van der Waals surface area contributed by atoms with Crippen molar-refractivity contribution in [1.29, 1.82) is 0 Å². The maximum atomic E-state index is 12.4. The van der Waals surface area contributed by atoms with Crippen molar-refractivity contribution in [3.05, 3.63) is 40.8 Å². The molecule has 0 aliphatic carbocycles. The number of carbonyl (C=O) groups is 1. The summed E-state index contributed by atoms with van der Waals surface area (Å²) in [5.41, 5.74) is 1.41. The lowest BCUT2D eigenvalue weighted by Crippen LogP contribution is -2.30. The van der Waals surface area contributed by atoms with E-state index in [1.54, 1.807) is 24.3 Å². The molecule has 0 unspecified atom stereocenters. The van der Waals surface area contributed by atoms with E-state index in [9.17, 15) is 13.2 Å². The van der Waals surface area contributed by atoms with Gasteiger partial charge in [0.1, 0.15) is 0 Å². The van der Waals surface area contributed by atoms with Gasteiger partial charge in [-0.25, -0.2) is 8.42 Å². The number of nitrogens with zero attached hydrogens (tertiary/aromatic N) is 1. The summed E-state index contributed by atoms with van der Waals surface area (Å²) < 4.78 is 24.7. The molecule has 0 radical (unpaired) electrons. The highest BCUT2D eigenvalue weighted by Gasteiger charge is 2.30. The Balaban J connectivity index is 1.91. The van der Waals surface area contributed by atoms with Gasteiger partial charge < -0.3 is 10.2 Å². The Kier molecular flexibility index (Phi) is 4.27. The van der Waals surface area contributed by atoms with Crippen molar-refractivity contribution >= 4 is 27.1 Å². The molecule has 0 saturated heterocycles. The molecule has 3 rings (SSSR count). The minimum atomic E-state index is -3.33. The number of sulfone groups is 1. The van der Waals surface area contributed by atoms with Crippen LogP contribution in [0.25, 0.3) is 10.4 Å². The molecular formula is C16H18N2O3S2. The minimum Gasteiger partial charge on any atom is -0.350 e. The Bertz CT molecular complexity index is 854. The fourth-order valence-electron chi connectivity index (χ4n) is 2.56. The minimum absolute atomic E-state index is 0.0408. The molecule has 0 atom stereocenters. The summed E-state index contributed by atoms with van der Waals surface area (Å²) in [5, 5.41) is 2.86. The van der Waals surface area contributed by atoms with Crippen LogP contribution in [-0.4, -0.2) is 46.4 Å². The molecule has 0 saturated carbocycles. The first kappa shape index (κ1) is 16.2. The first-order chi connectivity index (χ1) is 10.9. The van der Waals surface area contributed by atoms with Crippen molar-refractivity contribution in [3.8, 4) is 10.4 Å². The maximum Gasteiger partial charge on any atom is 0.261 e. The highest BCUT2D eigenvalue weighted by atomic mass is 32.2. The third kappa shape index (κ3) is 3.17. The van der Waals surface area contributed by atoms with Crippen LogP contribution in [0.2, 0.25) is 0 Å². The van der Waals surface area contributed by atoms with E-state index in [1.807, 2.05) is 25.1 Å². The van der Waals surface area contributed by atoms with E-state index in [0.717, 1.165) is 11.4 Å². The number of nitrogens with one attached hydrogen (secondary N) is 1. The lowest BCUT2D eigenvalue weighted by atomic mass is 10.1. The van der Waals surface area contributed by atoms with Crippen molar-refractivity contribution in [1.82, 2.24) is 10.2 Å². The van der Waals surface area contributed by atoms with Crippen LogP contribution in [0.15, 0.2) is 35.2 Å². The molecule has 1 N–H and O–H groups in total. The summed E-state index contributed by atoms with van der Waals surface area (Å²) >= 11 is 1.36. The van der Waals surface area contributed by atoms with Crippen LogP contribution in [0.5, 0.6) is 0 Å². The number of benzene rings is 1. The second kappa shape index (κ2) is 6.07. The van der Waals surface area contributed by atoms with Crippen LogP contribution >= 0.6 is 11.3 Å². The van der Waals surface area contributed by atoms with E-state index in [1.165, 1.54) is 11.3 Å². The van der Waals surface area contributed by atoms with E-state index >= 15 is 0 Å². The van der Waals surface area contributed by atoms with Crippen LogP contribution in [-0.2, 0) is 15.6 Å². The van der Waals surface area contributed by atoms with Gasteiger partial charge in [-0.15, -0.1) is 11.3 Å². The molecule has 5 nitrogen and oxygen atoms in total. The van der Waals surface area contributed by atoms with Gasteiger partial charge in [0, 0.05) is 23.5 Å². The zero-order chi connectivity index (χ0) is 16.6. The number of rotatable bonds is 4. The molecule has 1 aliphatic heterocycles. The summed E-state index contributed by atoms with van der Waals surface area (Å²) in [5.74, 6) is -0.193. The zero-order valence-electron chi connectivity index (χ0n) is 13.0. The monoisotopic (exact) mass is 350 g/mol. The van der Waals surface area contributed by atoms with Crippen LogP contribution in [0, 0.1) is 0 Å². The second-order valence-electron chi connectivity index (χ2n) is 5.78. The summed E-state index contributed by atoms with van der Waals surface area (Å²) in [6, 6.07) is 8.68. The van der Waals surface area contributed by atoms with E-state index in [4.69, 9.17) is 0 Å². The Hall–Kier alpha value is -1.70. The van der Waals surface area contributed by atoms with Gasteiger partial charge in [0.15, 0.2) is 9.84 Å². The van der Waals surface area contributed by atoms with Crippen molar-refractivity contribution < 1.29 is 13.2 Å². The Labute approximate surface area is 139 Å². The van der Waals surface area contributed by atoms with Gasteiger partial charge in [0.2, 0.25) is 0 Å². The SMILES string of the molecule is CN(C)CCNC(=O)c1cc2c(s1)-c1ccccc1S(=O)(=O)C2. The van der Waals surface area contributed by atoms with Crippen molar-refractivity contribution in [2.24, 2.45) is 0 Å². The third-order valence-electron chi connectivity index (χ3n) is 3.69. The second-order valence-corrected chi connectivity index (χ2v) is 8.79. The molecule has 0 fully saturated rings. The standard InChI is InChI=1S/C16H18N2O3S2/c1-18(2)8-7-17-16(19)13-9-11-10-23(20,21)14-6-4-3-5-12(14)15(11)22-13/h3-6,9H,7-8,10H2,1-2H3,(H,17,19). The number of hydrogen-bond donors (Lipinski definition) is 1. The fourth-order valence-corrected chi connectivity index (χ4v) is 5.44. The molecule has 122 valence electrons. The predicted octanol–water partition coefficient (Wildman–Crippen LogP) is 1.99. The number of hydrogen-bond acceptors (Lipinski definition) is 5. The molecule has 0 bridgehead atoms. The molecular weight excluding hydrogens is 332 g/mol. The molecule has 0 spiro atoms. The molecule has 23 heavy (non-hydrogen) atoms. The summed E-state index contributed by atoms with van der Waals surface area (Å²) in [7, 11) is 0.557. The average Bonchev–Trinajstić information content (AvgIpc) is 2.90. The third-order valence-corrected chi connectivity index (χ3v) is 6.62. The molecule has 1 aromatic heterocycles. The smallest absolute Gasteiger partial charge is 0.261 e. The molecule has 1 aliphatic rings. The van der Waals surface area contributed by atoms with Gasteiger partial charge >= 0.3 is 0 Å². The molecule has 2 aromatic rings. The largest absolute Gasteiger partial charge is 0.350 e. The van der Waals surface area contributed by atoms with Gasteiger partial charge in [0.25, 0.3) is 5.91 Å². The van der Waals surface area contributed by atoms with Gasteiger partial charge in [-0.05, 0) is 31.8 Å². The highest BCUT2D eigenvalue weighted by molar-refractivity contribution is 7.91. The molecule has 7 heteroatoms. The number of carbonyl (C=O) groups excluding carboxylic acids is 1. The van der Waals surface area contributed by atoms with Crippen LogP contribution in [0.3, 0.4) is 0 Å². The summed E-state index contributed by atoms with van der Waals surface area (Å²) in [6.45, 7) is 1.32. The molecule has 2 heterocycles. The van der Waals surface area contributed by atoms with Gasteiger partial charge in [0.05, 0.1) is 15.5 Å². The van der Waals surface area contributed by atoms with Gasteiger partial charge in [-0.3, -0.25) is 4.79 Å². The zero-order valence-corrected chi connectivity index (χ0v) is 14.6. The predicted molar refractivity (Wildman–Crippen MR) is 91.5 cm³/mol. The normalized spacial score (nSPS) is 15.1. The van der Waals surface area contributed by atoms with E-state index in [2.05, 4.69) is 5.32 Å². The number of thiophene rings is 1. The van der Waals surface area contributed by atoms with Crippen molar-refractivity contribution in [2.45, 2.75) is 10.6 Å². The summed E-state index contributed by atoms with van der Waals surface area (Å²) in [6.07, 6.45) is 0. The molecule has 1 aromatic carbocycles. The quantitative estimate of drug-likeness (QED) is 0.916. The average molecular weight is 350 g/mol. The fraction of sp³-hybridized carbons (Fsp3) is 0.312. The van der Waals surface area contributed by atoms with Gasteiger partial charge in [-0.1, -0.05) is 18.2 Å². The Morgan fingerprint density at radius 1 is 1.30 bits per heavy atom. The van der Waals surface area contributed by atoms with Crippen LogP contribution in [0.4, 0.5) is 0 Å². The van der Waals surface area contributed by atoms with E-state index in [-0.39, 0.29) is 11.7 Å². The maximum absolute atomic E-state index is 12.4. The lowest BCUT2D eigenvalue weighted by molar-refractivity contribution is 0.0955. The first-order valence-electron chi connectivity index (χ1n) is 7.26.